The number of carbonyl (C=O) groups excluding carboxylic acids is 2. The Morgan fingerprint density at radius 1 is 1.32 bits per heavy atom. The van der Waals surface area contributed by atoms with Gasteiger partial charge in [0.2, 0.25) is 0 Å². The number of amides is 1. The van der Waals surface area contributed by atoms with Crippen LogP contribution in [0.5, 0.6) is 0 Å². The Bertz CT molecular complexity index is 578. The Morgan fingerprint density at radius 3 is 2.74 bits per heavy atom. The number of hydrogen-bond donors (Lipinski definition) is 0. The fourth-order valence-electron chi connectivity index (χ4n) is 1.98. The van der Waals surface area contributed by atoms with Crippen LogP contribution >= 0.6 is 11.8 Å². The summed E-state index contributed by atoms with van der Waals surface area (Å²) in [6.07, 6.45) is 3.03. The van der Waals surface area contributed by atoms with Gasteiger partial charge in [-0.3, -0.25) is 9.69 Å². The Kier molecular flexibility index (Phi) is 3.06. The molecule has 0 unspecified atom stereocenters. The van der Waals surface area contributed by atoms with Crippen molar-refractivity contribution in [3.63, 3.8) is 0 Å². The monoisotopic (exact) mass is 275 g/mol. The summed E-state index contributed by atoms with van der Waals surface area (Å²) < 4.78 is 4.77. The number of thioether (sulfide) groups is 1. The molecule has 0 saturated heterocycles. The van der Waals surface area contributed by atoms with Gasteiger partial charge in [0.25, 0.3) is 0 Å². The Balaban J connectivity index is 1.99. The lowest BCUT2D eigenvalue weighted by Gasteiger charge is -2.25. The maximum Gasteiger partial charge on any atom is 0.418 e. The van der Waals surface area contributed by atoms with Gasteiger partial charge >= 0.3 is 6.09 Å². The van der Waals surface area contributed by atoms with Gasteiger partial charge in [0.05, 0.1) is 17.7 Å². The van der Waals surface area contributed by atoms with E-state index in [0.717, 1.165) is 23.4 Å². The van der Waals surface area contributed by atoms with Gasteiger partial charge in [0.15, 0.2) is 5.78 Å². The minimum absolute atomic E-state index is 0.133. The minimum atomic E-state index is -0.478. The average molecular weight is 275 g/mol. The fraction of sp³-hybridized carbons (Fsp3) is 0.286. The average Bonchev–Trinajstić information content (AvgIpc) is 3.29. The predicted molar refractivity (Wildman–Crippen MR) is 73.0 cm³/mol. The normalized spacial score (nSPS) is 17.5. The molecule has 1 heterocycles. The van der Waals surface area contributed by atoms with Gasteiger partial charge in [-0.1, -0.05) is 23.9 Å². The van der Waals surface area contributed by atoms with Crippen molar-refractivity contribution in [3.8, 4) is 0 Å². The highest BCUT2D eigenvalue weighted by molar-refractivity contribution is 8.04. The number of para-hydroxylation sites is 1. The second kappa shape index (κ2) is 4.74. The summed E-state index contributed by atoms with van der Waals surface area (Å²) in [5, 5.41) is 0. The zero-order chi connectivity index (χ0) is 13.4. The number of allylic oxidation sites excluding steroid dienone is 1. The van der Waals surface area contributed by atoms with E-state index in [-0.39, 0.29) is 11.7 Å². The molecule has 0 aromatic heterocycles. The van der Waals surface area contributed by atoms with Gasteiger partial charge in [-0.15, -0.1) is 0 Å². The Labute approximate surface area is 115 Å². The number of rotatable bonds is 2. The summed E-state index contributed by atoms with van der Waals surface area (Å²) in [7, 11) is 1.34. The smallest absolute Gasteiger partial charge is 0.418 e. The number of benzene rings is 1. The van der Waals surface area contributed by atoms with Crippen LogP contribution in [0.4, 0.5) is 10.5 Å². The zero-order valence-corrected chi connectivity index (χ0v) is 11.3. The van der Waals surface area contributed by atoms with E-state index in [2.05, 4.69) is 0 Å². The third-order valence-corrected chi connectivity index (χ3v) is 4.25. The van der Waals surface area contributed by atoms with Crippen LogP contribution in [-0.2, 0) is 9.53 Å². The molecule has 1 amide bonds. The first-order valence-corrected chi connectivity index (χ1v) is 6.92. The van der Waals surface area contributed by atoms with Gasteiger partial charge in [-0.25, -0.2) is 4.79 Å². The molecular formula is C14H13NO3S. The zero-order valence-electron chi connectivity index (χ0n) is 10.5. The third-order valence-electron chi connectivity index (χ3n) is 3.15. The number of hydrogen-bond acceptors (Lipinski definition) is 4. The molecule has 1 saturated carbocycles. The first kappa shape index (κ1) is 12.3. The third kappa shape index (κ3) is 2.26. The fourth-order valence-corrected chi connectivity index (χ4v) is 3.06. The van der Waals surface area contributed by atoms with Gasteiger partial charge in [0.1, 0.15) is 0 Å². The molecule has 1 aromatic rings. The van der Waals surface area contributed by atoms with E-state index in [1.165, 1.54) is 23.8 Å². The molecule has 4 nitrogen and oxygen atoms in total. The summed E-state index contributed by atoms with van der Waals surface area (Å²) >= 11 is 1.43. The molecule has 1 aliphatic carbocycles. The van der Waals surface area contributed by atoms with Crippen LogP contribution in [0.3, 0.4) is 0 Å². The summed E-state index contributed by atoms with van der Waals surface area (Å²) in [5.74, 6) is 0.275. The number of anilines is 1. The van der Waals surface area contributed by atoms with Gasteiger partial charge in [0, 0.05) is 17.0 Å². The number of ketones is 1. The van der Waals surface area contributed by atoms with E-state index in [1.807, 2.05) is 24.3 Å². The quantitative estimate of drug-likeness (QED) is 0.831. The molecule has 0 spiro atoms. The second-order valence-electron chi connectivity index (χ2n) is 4.54. The van der Waals surface area contributed by atoms with E-state index in [0.29, 0.717) is 4.91 Å². The van der Waals surface area contributed by atoms with Crippen molar-refractivity contribution in [1.29, 1.82) is 0 Å². The minimum Gasteiger partial charge on any atom is -0.452 e. The molecule has 5 heteroatoms. The van der Waals surface area contributed by atoms with Gasteiger partial charge < -0.3 is 4.74 Å². The van der Waals surface area contributed by atoms with E-state index < -0.39 is 6.09 Å². The van der Waals surface area contributed by atoms with Crippen molar-refractivity contribution in [1.82, 2.24) is 0 Å². The Morgan fingerprint density at radius 2 is 2.05 bits per heavy atom. The molecule has 0 radical (unpaired) electrons. The van der Waals surface area contributed by atoms with Crippen LogP contribution in [-0.4, -0.2) is 19.0 Å². The molecule has 0 bridgehead atoms. The second-order valence-corrected chi connectivity index (χ2v) is 5.63. The standard InChI is InChI=1S/C14H13NO3S/c1-18-14(17)15-8-12(13(16)9-6-7-9)19-11-5-3-2-4-10(11)15/h2-5,8-9H,6-7H2,1H3. The first-order chi connectivity index (χ1) is 9.20. The number of Topliss-reactive ketones (excluding diaryl/α,β-unsaturated/α-hetero) is 1. The highest BCUT2D eigenvalue weighted by Gasteiger charge is 2.35. The van der Waals surface area contributed by atoms with Crippen LogP contribution in [0.1, 0.15) is 12.8 Å². The lowest BCUT2D eigenvalue weighted by molar-refractivity contribution is -0.116. The molecule has 2 aliphatic rings. The van der Waals surface area contributed by atoms with E-state index >= 15 is 0 Å². The van der Waals surface area contributed by atoms with Crippen molar-refractivity contribution < 1.29 is 14.3 Å². The van der Waals surface area contributed by atoms with Crippen molar-refractivity contribution in [2.75, 3.05) is 12.0 Å². The highest BCUT2D eigenvalue weighted by Crippen LogP contribution is 2.44. The first-order valence-electron chi connectivity index (χ1n) is 6.11. The van der Waals surface area contributed by atoms with E-state index in [1.54, 1.807) is 6.20 Å². The van der Waals surface area contributed by atoms with Crippen LogP contribution in [0, 0.1) is 5.92 Å². The number of carbonyl (C=O) groups is 2. The number of methoxy groups -OCH3 is 1. The molecular weight excluding hydrogens is 262 g/mol. The molecule has 3 rings (SSSR count). The number of nitrogens with zero attached hydrogens (tertiary/aromatic N) is 1. The maximum absolute atomic E-state index is 12.2. The van der Waals surface area contributed by atoms with E-state index in [4.69, 9.17) is 4.74 Å². The Hall–Kier alpha value is -1.75. The van der Waals surface area contributed by atoms with Crippen LogP contribution in [0.15, 0.2) is 40.3 Å². The van der Waals surface area contributed by atoms with Crippen LogP contribution in [0.2, 0.25) is 0 Å². The summed E-state index contributed by atoms with van der Waals surface area (Å²) in [4.78, 5) is 26.9. The predicted octanol–water partition coefficient (Wildman–Crippen LogP) is 3.19. The lowest BCUT2D eigenvalue weighted by atomic mass is 10.2. The molecule has 98 valence electrons. The largest absolute Gasteiger partial charge is 0.452 e. The van der Waals surface area contributed by atoms with Crippen molar-refractivity contribution >= 4 is 29.3 Å². The van der Waals surface area contributed by atoms with Gasteiger partial charge in [-0.05, 0) is 25.0 Å². The van der Waals surface area contributed by atoms with Gasteiger partial charge in [-0.2, -0.15) is 0 Å². The molecule has 1 fully saturated rings. The molecule has 1 aliphatic heterocycles. The molecule has 19 heavy (non-hydrogen) atoms. The summed E-state index contributed by atoms with van der Waals surface area (Å²) in [6.45, 7) is 0. The SMILES string of the molecule is COC(=O)N1C=C(C(=O)C2CC2)Sc2ccccc21. The topological polar surface area (TPSA) is 46.6 Å². The highest BCUT2D eigenvalue weighted by atomic mass is 32.2. The maximum atomic E-state index is 12.2. The number of ether oxygens (including phenoxy) is 1. The van der Waals surface area contributed by atoms with Crippen LogP contribution in [0.25, 0.3) is 0 Å². The van der Waals surface area contributed by atoms with Crippen molar-refractivity contribution in [3.05, 3.63) is 35.4 Å². The molecule has 0 N–H and O–H groups in total. The summed E-state index contributed by atoms with van der Waals surface area (Å²) in [5.41, 5.74) is 0.756. The van der Waals surface area contributed by atoms with Crippen molar-refractivity contribution in [2.24, 2.45) is 5.92 Å². The van der Waals surface area contributed by atoms with Crippen molar-refractivity contribution in [2.45, 2.75) is 17.7 Å². The molecule has 1 aromatic carbocycles. The summed E-state index contributed by atoms with van der Waals surface area (Å²) in [6, 6.07) is 7.50. The molecule has 0 atom stereocenters. The number of fused-ring (bicyclic) bond motifs is 1. The van der Waals surface area contributed by atoms with E-state index in [9.17, 15) is 9.59 Å². The van der Waals surface area contributed by atoms with Crippen LogP contribution < -0.4 is 4.90 Å². The lowest BCUT2D eigenvalue weighted by Crippen LogP contribution is -2.28.